The lowest BCUT2D eigenvalue weighted by Crippen LogP contribution is -1.80. The topological polar surface area (TPSA) is 47.6 Å². The molecule has 0 unspecified atom stereocenters. The van der Waals surface area contributed by atoms with Gasteiger partial charge in [-0.2, -0.15) is 10.5 Å². The molecule has 0 aromatic heterocycles. The van der Waals surface area contributed by atoms with Gasteiger partial charge in [-0.05, 0) is 35.4 Å². The Balaban J connectivity index is 2.08. The third-order valence-electron chi connectivity index (χ3n) is 2.65. The minimum absolute atomic E-state index is 0.476. The molecule has 0 N–H and O–H groups in total. The van der Waals surface area contributed by atoms with E-state index in [1.165, 1.54) is 0 Å². The van der Waals surface area contributed by atoms with Gasteiger partial charge in [-0.1, -0.05) is 24.3 Å². The third kappa shape index (κ3) is 4.06. The van der Waals surface area contributed by atoms with Gasteiger partial charge in [0.2, 0.25) is 0 Å². The minimum Gasteiger partial charge on any atom is -0.197 e. The molecular weight excluding hydrogens is 284 g/mol. The van der Waals surface area contributed by atoms with Crippen LogP contribution in [-0.4, -0.2) is 11.5 Å². The van der Waals surface area contributed by atoms with Crippen molar-refractivity contribution in [3.8, 4) is 23.3 Å². The van der Waals surface area contributed by atoms with Crippen LogP contribution in [0.5, 0.6) is 0 Å². The second kappa shape index (κ2) is 7.65. The average Bonchev–Trinajstić information content (AvgIpc) is 2.52. The number of nitrogens with zero attached hydrogens (tertiary/aromatic N) is 2. The zero-order valence-corrected chi connectivity index (χ0v) is 12.4. The first-order valence-corrected chi connectivity index (χ1v) is 8.00. The van der Waals surface area contributed by atoms with Crippen LogP contribution in [-0.2, 0) is 0 Å². The van der Waals surface area contributed by atoms with Crippen LogP contribution >= 0.6 is 23.5 Å². The van der Waals surface area contributed by atoms with E-state index in [0.29, 0.717) is 11.5 Å². The van der Waals surface area contributed by atoms with Crippen LogP contribution in [0.4, 0.5) is 0 Å². The van der Waals surface area contributed by atoms with Gasteiger partial charge < -0.3 is 0 Å². The number of hydrogen-bond donors (Lipinski definition) is 0. The quantitative estimate of drug-likeness (QED) is 0.757. The largest absolute Gasteiger partial charge is 0.197 e. The number of nitriles is 2. The molecule has 0 heterocycles. The molecule has 0 saturated heterocycles. The molecule has 0 fully saturated rings. The molecule has 0 bridgehead atoms. The predicted octanol–water partition coefficient (Wildman–Crippen LogP) is 4.58. The summed E-state index contributed by atoms with van der Waals surface area (Å²) in [6, 6.07) is 20.7. The van der Waals surface area contributed by atoms with Crippen molar-refractivity contribution in [2.45, 2.75) is 9.79 Å². The summed E-state index contributed by atoms with van der Waals surface area (Å²) in [7, 11) is 0. The van der Waals surface area contributed by atoms with Crippen LogP contribution in [0.15, 0.2) is 58.3 Å². The molecular formula is C16H12N2S2. The highest BCUT2D eigenvalue weighted by molar-refractivity contribution is 7.99. The van der Waals surface area contributed by atoms with Crippen molar-refractivity contribution in [2.75, 3.05) is 11.5 Å². The Morgan fingerprint density at radius 1 is 0.650 bits per heavy atom. The second-order valence-corrected chi connectivity index (χ2v) is 6.04. The zero-order chi connectivity index (χ0) is 14.2. The molecule has 0 aliphatic rings. The number of benzene rings is 2. The van der Waals surface area contributed by atoms with Crippen molar-refractivity contribution < 1.29 is 0 Å². The van der Waals surface area contributed by atoms with Crippen molar-refractivity contribution in [1.29, 1.82) is 10.5 Å². The van der Waals surface area contributed by atoms with E-state index >= 15 is 0 Å². The standard InChI is InChI=1S/C16H12N2S2/c17-9-11-19-15-5-1-13(2-6-15)14-3-7-16(8-4-14)20-12-10-18/h1-8H,11-12H2. The Morgan fingerprint density at radius 3 is 1.30 bits per heavy atom. The highest BCUT2D eigenvalue weighted by Gasteiger charge is 2.00. The maximum absolute atomic E-state index is 8.55. The molecule has 4 heteroatoms. The van der Waals surface area contributed by atoms with Crippen LogP contribution in [0.2, 0.25) is 0 Å². The molecule has 0 aliphatic heterocycles. The monoisotopic (exact) mass is 296 g/mol. The van der Waals surface area contributed by atoms with E-state index in [0.717, 1.165) is 20.9 Å². The molecule has 0 aliphatic carbocycles. The van der Waals surface area contributed by atoms with Gasteiger partial charge in [0.25, 0.3) is 0 Å². The minimum atomic E-state index is 0.476. The molecule has 2 aromatic carbocycles. The van der Waals surface area contributed by atoms with Crippen molar-refractivity contribution in [3.05, 3.63) is 48.5 Å². The molecule has 0 amide bonds. The smallest absolute Gasteiger partial charge is 0.0855 e. The second-order valence-electron chi connectivity index (χ2n) is 3.94. The van der Waals surface area contributed by atoms with Crippen molar-refractivity contribution in [1.82, 2.24) is 0 Å². The first kappa shape index (κ1) is 14.5. The lowest BCUT2D eigenvalue weighted by atomic mass is 10.1. The fraction of sp³-hybridized carbons (Fsp3) is 0.125. The van der Waals surface area contributed by atoms with E-state index in [-0.39, 0.29) is 0 Å². The van der Waals surface area contributed by atoms with Crippen LogP contribution in [0.3, 0.4) is 0 Å². The average molecular weight is 296 g/mol. The van der Waals surface area contributed by atoms with Gasteiger partial charge in [0.1, 0.15) is 0 Å². The van der Waals surface area contributed by atoms with Crippen LogP contribution in [0.25, 0.3) is 11.1 Å². The summed E-state index contributed by atoms with van der Waals surface area (Å²) in [5, 5.41) is 17.1. The summed E-state index contributed by atoms with van der Waals surface area (Å²) < 4.78 is 0. The molecule has 2 aromatic rings. The summed E-state index contributed by atoms with van der Waals surface area (Å²) in [5.41, 5.74) is 2.31. The molecule has 0 atom stereocenters. The molecule has 0 radical (unpaired) electrons. The molecule has 0 spiro atoms. The highest BCUT2D eigenvalue weighted by Crippen LogP contribution is 2.26. The summed E-state index contributed by atoms with van der Waals surface area (Å²) in [5.74, 6) is 0.953. The van der Waals surface area contributed by atoms with Crippen molar-refractivity contribution in [3.63, 3.8) is 0 Å². The third-order valence-corrected chi connectivity index (χ3v) is 4.41. The van der Waals surface area contributed by atoms with Gasteiger partial charge in [0, 0.05) is 9.79 Å². The van der Waals surface area contributed by atoms with E-state index in [1.54, 1.807) is 23.5 Å². The summed E-state index contributed by atoms with van der Waals surface area (Å²) in [4.78, 5) is 2.22. The number of hydrogen-bond acceptors (Lipinski definition) is 4. The molecule has 2 rings (SSSR count). The fourth-order valence-electron chi connectivity index (χ4n) is 1.72. The SMILES string of the molecule is N#CCSc1ccc(-c2ccc(SCC#N)cc2)cc1. The van der Waals surface area contributed by atoms with E-state index in [4.69, 9.17) is 10.5 Å². The molecule has 0 saturated carbocycles. The normalized spacial score (nSPS) is 9.70. The maximum Gasteiger partial charge on any atom is 0.0855 e. The Bertz CT molecular complexity index is 575. The summed E-state index contributed by atoms with van der Waals surface area (Å²) >= 11 is 3.08. The van der Waals surface area contributed by atoms with Crippen LogP contribution in [0, 0.1) is 22.7 Å². The molecule has 20 heavy (non-hydrogen) atoms. The van der Waals surface area contributed by atoms with Gasteiger partial charge in [-0.15, -0.1) is 23.5 Å². The van der Waals surface area contributed by atoms with Crippen LogP contribution in [0.1, 0.15) is 0 Å². The van der Waals surface area contributed by atoms with E-state index < -0.39 is 0 Å². The fourth-order valence-corrected chi connectivity index (χ4v) is 2.84. The maximum atomic E-state index is 8.55. The predicted molar refractivity (Wildman–Crippen MR) is 84.6 cm³/mol. The summed E-state index contributed by atoms with van der Waals surface area (Å²) in [6.07, 6.45) is 0. The lowest BCUT2D eigenvalue weighted by molar-refractivity contribution is 1.42. The van der Waals surface area contributed by atoms with Gasteiger partial charge >= 0.3 is 0 Å². The molecule has 98 valence electrons. The van der Waals surface area contributed by atoms with Gasteiger partial charge in [-0.25, -0.2) is 0 Å². The van der Waals surface area contributed by atoms with Gasteiger partial charge in [-0.3, -0.25) is 0 Å². The first-order chi connectivity index (χ1) is 9.83. The Hall–Kier alpha value is -1.88. The van der Waals surface area contributed by atoms with Crippen molar-refractivity contribution in [2.24, 2.45) is 0 Å². The number of thioether (sulfide) groups is 2. The zero-order valence-electron chi connectivity index (χ0n) is 10.7. The first-order valence-electron chi connectivity index (χ1n) is 6.03. The van der Waals surface area contributed by atoms with E-state index in [2.05, 4.69) is 36.4 Å². The number of rotatable bonds is 5. The summed E-state index contributed by atoms with van der Waals surface area (Å²) in [6.45, 7) is 0. The van der Waals surface area contributed by atoms with E-state index in [1.807, 2.05) is 24.3 Å². The van der Waals surface area contributed by atoms with E-state index in [9.17, 15) is 0 Å². The lowest BCUT2D eigenvalue weighted by Gasteiger charge is -2.04. The Kier molecular flexibility index (Phi) is 5.55. The Labute approximate surface area is 127 Å². The van der Waals surface area contributed by atoms with Crippen molar-refractivity contribution >= 4 is 23.5 Å². The highest BCUT2D eigenvalue weighted by atomic mass is 32.2. The van der Waals surface area contributed by atoms with Crippen LogP contribution < -0.4 is 0 Å². The van der Waals surface area contributed by atoms with Gasteiger partial charge in [0.05, 0.1) is 23.6 Å². The Morgan fingerprint density at radius 2 is 1.00 bits per heavy atom. The molecule has 2 nitrogen and oxygen atoms in total. The van der Waals surface area contributed by atoms with Gasteiger partial charge in [0.15, 0.2) is 0 Å².